The van der Waals surface area contributed by atoms with Crippen LogP contribution in [0.1, 0.15) is 21.6 Å². The molecule has 0 spiro atoms. The molecule has 1 heterocycles. The lowest BCUT2D eigenvalue weighted by Gasteiger charge is -2.22. The average Bonchev–Trinajstić information content (AvgIpc) is 3.13. The summed E-state index contributed by atoms with van der Waals surface area (Å²) >= 11 is 5.81. The average molecular weight is 525 g/mol. The summed E-state index contributed by atoms with van der Waals surface area (Å²) in [7, 11) is 0. The van der Waals surface area contributed by atoms with Crippen LogP contribution in [0.2, 0.25) is 0 Å². The molecule has 0 saturated carbocycles. The van der Waals surface area contributed by atoms with Gasteiger partial charge in [-0.3, -0.25) is 9.52 Å². The third kappa shape index (κ3) is 5.94. The Bertz CT molecular complexity index is 1100. The van der Waals surface area contributed by atoms with Crippen LogP contribution in [0.4, 0.5) is 19.6 Å². The predicted octanol–water partition coefficient (Wildman–Crippen LogP) is 5.72. The van der Waals surface area contributed by atoms with Gasteiger partial charge in [0, 0.05) is 11.9 Å². The van der Waals surface area contributed by atoms with Gasteiger partial charge < -0.3 is 9.64 Å². The molecule has 0 aliphatic heterocycles. The van der Waals surface area contributed by atoms with Crippen molar-refractivity contribution in [3.05, 3.63) is 69.1 Å². The molecular weight excluding hydrogens is 510 g/mol. The zero-order valence-corrected chi connectivity index (χ0v) is 19.2. The van der Waals surface area contributed by atoms with Crippen LogP contribution in [-0.2, 0) is 6.54 Å². The minimum atomic E-state index is -2.92. The number of carbonyl (C=O) groups excluding carboxylic acids is 1. The number of nitrogens with zero attached hydrogens (tertiary/aromatic N) is 3. The van der Waals surface area contributed by atoms with Crippen molar-refractivity contribution in [2.45, 2.75) is 13.2 Å². The standard InChI is InChI=1S/C20H15BrF2N4O2S2/c1-30-26-18(28)16-17(21)31-20(25-16)27(14-7-5-12(10-24)6-8-14)11-13-3-2-4-15(9-13)29-19(22)23/h2-9,19H,11H2,1H3,(H,26,28). The molecule has 1 N–H and O–H groups in total. The van der Waals surface area contributed by atoms with Crippen molar-refractivity contribution in [3.8, 4) is 11.8 Å². The first-order valence-corrected chi connectivity index (χ1v) is 11.6. The van der Waals surface area contributed by atoms with Crippen LogP contribution in [0.3, 0.4) is 0 Å². The van der Waals surface area contributed by atoms with Gasteiger partial charge >= 0.3 is 6.61 Å². The van der Waals surface area contributed by atoms with Gasteiger partial charge in [-0.05, 0) is 57.9 Å². The molecule has 0 atom stereocenters. The number of aromatic nitrogens is 1. The molecule has 0 aliphatic carbocycles. The van der Waals surface area contributed by atoms with Crippen LogP contribution < -0.4 is 14.4 Å². The van der Waals surface area contributed by atoms with E-state index in [1.54, 1.807) is 42.7 Å². The fourth-order valence-corrected chi connectivity index (χ4v) is 4.47. The summed E-state index contributed by atoms with van der Waals surface area (Å²) in [4.78, 5) is 18.6. The Hall–Kier alpha value is -2.68. The first-order valence-electron chi connectivity index (χ1n) is 8.72. The quantitative estimate of drug-likeness (QED) is 0.379. The molecule has 0 unspecified atom stereocenters. The van der Waals surface area contributed by atoms with E-state index in [9.17, 15) is 13.6 Å². The van der Waals surface area contributed by atoms with Gasteiger partial charge in [-0.2, -0.15) is 14.0 Å². The number of anilines is 2. The lowest BCUT2D eigenvalue weighted by molar-refractivity contribution is -0.0498. The van der Waals surface area contributed by atoms with Crippen molar-refractivity contribution in [2.24, 2.45) is 0 Å². The molecule has 3 aromatic rings. The van der Waals surface area contributed by atoms with Gasteiger partial charge in [0.05, 0.1) is 18.2 Å². The number of halogens is 3. The first kappa shape index (κ1) is 23.0. The van der Waals surface area contributed by atoms with Gasteiger partial charge in [-0.25, -0.2) is 4.98 Å². The predicted molar refractivity (Wildman–Crippen MR) is 121 cm³/mol. The van der Waals surface area contributed by atoms with E-state index in [-0.39, 0.29) is 23.9 Å². The van der Waals surface area contributed by atoms with Gasteiger partial charge in [0.25, 0.3) is 5.91 Å². The first-order chi connectivity index (χ1) is 14.9. The number of nitrogens with one attached hydrogen (secondary N) is 1. The van der Waals surface area contributed by atoms with Crippen LogP contribution in [0, 0.1) is 11.3 Å². The SMILES string of the molecule is CSNC(=O)c1nc(N(Cc2cccc(OC(F)F)c2)c2ccc(C#N)cc2)sc1Br. The Labute approximate surface area is 194 Å². The van der Waals surface area contributed by atoms with Crippen LogP contribution >= 0.6 is 39.2 Å². The van der Waals surface area contributed by atoms with E-state index in [2.05, 4.69) is 36.4 Å². The summed E-state index contributed by atoms with van der Waals surface area (Å²) in [6.45, 7) is -2.65. The van der Waals surface area contributed by atoms with Crippen molar-refractivity contribution in [1.82, 2.24) is 9.71 Å². The highest BCUT2D eigenvalue weighted by atomic mass is 79.9. The highest BCUT2D eigenvalue weighted by Crippen LogP contribution is 2.36. The Kier molecular flexibility index (Phi) is 7.84. The van der Waals surface area contributed by atoms with E-state index >= 15 is 0 Å². The normalized spacial score (nSPS) is 10.6. The molecule has 0 saturated heterocycles. The summed E-state index contributed by atoms with van der Waals surface area (Å²) in [6.07, 6.45) is 1.73. The Morgan fingerprint density at radius 2 is 2.10 bits per heavy atom. The molecule has 2 aromatic carbocycles. The number of rotatable bonds is 8. The molecule has 0 fully saturated rings. The highest BCUT2D eigenvalue weighted by molar-refractivity contribution is 9.11. The molecular formula is C20H15BrF2N4O2S2. The third-order valence-electron chi connectivity index (χ3n) is 3.99. The Balaban J connectivity index is 1.99. The molecule has 160 valence electrons. The molecule has 0 radical (unpaired) electrons. The molecule has 0 aliphatic rings. The Morgan fingerprint density at radius 3 is 2.74 bits per heavy atom. The molecule has 3 rings (SSSR count). The van der Waals surface area contributed by atoms with Gasteiger partial charge in [-0.15, -0.1) is 0 Å². The molecule has 0 bridgehead atoms. The van der Waals surface area contributed by atoms with Gasteiger partial charge in [0.15, 0.2) is 10.8 Å². The fraction of sp³-hybridized carbons (Fsp3) is 0.150. The van der Waals surface area contributed by atoms with E-state index in [1.165, 1.54) is 35.4 Å². The lowest BCUT2D eigenvalue weighted by Crippen LogP contribution is -2.19. The van der Waals surface area contributed by atoms with E-state index in [1.807, 2.05) is 4.90 Å². The maximum atomic E-state index is 12.6. The molecule has 11 heteroatoms. The second-order valence-electron chi connectivity index (χ2n) is 6.02. The van der Waals surface area contributed by atoms with Gasteiger partial charge in [0.1, 0.15) is 9.54 Å². The Morgan fingerprint density at radius 1 is 1.35 bits per heavy atom. The summed E-state index contributed by atoms with van der Waals surface area (Å²) in [5, 5.41) is 9.59. The largest absolute Gasteiger partial charge is 0.435 e. The second-order valence-corrected chi connectivity index (χ2v) is 8.93. The molecule has 1 aromatic heterocycles. The summed E-state index contributed by atoms with van der Waals surface area (Å²) in [6, 6.07) is 15.3. The van der Waals surface area contributed by atoms with Crippen LogP contribution in [0.5, 0.6) is 5.75 Å². The summed E-state index contributed by atoms with van der Waals surface area (Å²) in [5.41, 5.74) is 2.15. The van der Waals surface area contributed by atoms with E-state index in [0.717, 1.165) is 5.69 Å². The summed E-state index contributed by atoms with van der Waals surface area (Å²) < 4.78 is 32.9. The highest BCUT2D eigenvalue weighted by Gasteiger charge is 2.21. The van der Waals surface area contributed by atoms with Gasteiger partial charge in [-0.1, -0.05) is 35.4 Å². The third-order valence-corrected chi connectivity index (χ3v) is 6.11. The second kappa shape index (κ2) is 10.6. The number of amides is 1. The number of carbonyl (C=O) groups is 1. The number of thiazole rings is 1. The van der Waals surface area contributed by atoms with Crippen molar-refractivity contribution in [2.75, 3.05) is 11.2 Å². The number of nitriles is 1. The van der Waals surface area contributed by atoms with Gasteiger partial charge in [0.2, 0.25) is 0 Å². The minimum Gasteiger partial charge on any atom is -0.435 e. The minimum absolute atomic E-state index is 0.0487. The molecule has 1 amide bonds. The number of ether oxygens (including phenoxy) is 1. The van der Waals surface area contributed by atoms with E-state index in [4.69, 9.17) is 5.26 Å². The monoisotopic (exact) mass is 524 g/mol. The zero-order chi connectivity index (χ0) is 22.4. The van der Waals surface area contributed by atoms with Crippen LogP contribution in [0.25, 0.3) is 0 Å². The summed E-state index contributed by atoms with van der Waals surface area (Å²) in [5.74, 6) is -0.290. The number of alkyl halides is 2. The zero-order valence-electron chi connectivity index (χ0n) is 16.0. The number of hydrogen-bond acceptors (Lipinski definition) is 7. The molecule has 6 nitrogen and oxygen atoms in total. The fourth-order valence-electron chi connectivity index (χ4n) is 2.68. The van der Waals surface area contributed by atoms with E-state index < -0.39 is 6.61 Å². The van der Waals surface area contributed by atoms with E-state index in [0.29, 0.717) is 20.0 Å². The molecule has 31 heavy (non-hydrogen) atoms. The van der Waals surface area contributed by atoms with Crippen molar-refractivity contribution in [1.29, 1.82) is 5.26 Å². The van der Waals surface area contributed by atoms with Crippen LogP contribution in [-0.4, -0.2) is 23.8 Å². The van der Waals surface area contributed by atoms with Crippen molar-refractivity contribution >= 4 is 55.9 Å². The number of benzene rings is 2. The van der Waals surface area contributed by atoms with Crippen LogP contribution in [0.15, 0.2) is 52.3 Å². The van der Waals surface area contributed by atoms with Crippen molar-refractivity contribution in [3.63, 3.8) is 0 Å². The maximum Gasteiger partial charge on any atom is 0.387 e. The topological polar surface area (TPSA) is 78.2 Å². The smallest absolute Gasteiger partial charge is 0.387 e. The maximum absolute atomic E-state index is 12.6. The lowest BCUT2D eigenvalue weighted by atomic mass is 10.1. The number of hydrogen-bond donors (Lipinski definition) is 1. The van der Waals surface area contributed by atoms with Crippen molar-refractivity contribution < 1.29 is 18.3 Å².